The molecule has 1 rings (SSSR count). The van der Waals surface area contributed by atoms with Crippen LogP contribution in [0.1, 0.15) is 22.8 Å². The molecule has 1 aromatic rings. The maximum absolute atomic E-state index is 12.0. The van der Waals surface area contributed by atoms with Crippen LogP contribution in [0, 0.1) is 17.2 Å². The number of halogens is 1. The Morgan fingerprint density at radius 1 is 1.47 bits per heavy atom. The first kappa shape index (κ1) is 13.7. The fourth-order valence-electron chi connectivity index (χ4n) is 1.49. The topological polar surface area (TPSA) is 44.1 Å². The normalized spacial score (nSPS) is 11.6. The van der Waals surface area contributed by atoms with Crippen molar-refractivity contribution in [2.24, 2.45) is 5.92 Å². The zero-order chi connectivity index (χ0) is 12.8. The van der Waals surface area contributed by atoms with Gasteiger partial charge in [-0.2, -0.15) is 5.26 Å². The Hall–Kier alpha value is -1.34. The number of benzene rings is 1. The average molecular weight is 295 g/mol. The monoisotopic (exact) mass is 294 g/mol. The van der Waals surface area contributed by atoms with Crippen LogP contribution >= 0.6 is 15.9 Å². The number of carbonyl (C=O) groups excluding carboxylic acids is 1. The summed E-state index contributed by atoms with van der Waals surface area (Å²) in [5, 5.41) is 9.49. The van der Waals surface area contributed by atoms with Crippen LogP contribution in [0.5, 0.6) is 0 Å². The van der Waals surface area contributed by atoms with Crippen molar-refractivity contribution in [1.82, 2.24) is 4.90 Å². The molecule has 1 amide bonds. The molecule has 0 heterocycles. The van der Waals surface area contributed by atoms with E-state index in [2.05, 4.69) is 22.0 Å². The molecule has 0 saturated carbocycles. The van der Waals surface area contributed by atoms with E-state index < -0.39 is 0 Å². The van der Waals surface area contributed by atoms with E-state index in [4.69, 9.17) is 5.26 Å². The van der Waals surface area contributed by atoms with Crippen molar-refractivity contribution >= 4 is 21.8 Å². The van der Waals surface area contributed by atoms with Crippen LogP contribution < -0.4 is 0 Å². The van der Waals surface area contributed by atoms with Gasteiger partial charge in [0, 0.05) is 24.5 Å². The predicted octanol–water partition coefficient (Wildman–Crippen LogP) is 2.81. The lowest BCUT2D eigenvalue weighted by Crippen LogP contribution is -2.30. The van der Waals surface area contributed by atoms with E-state index in [1.807, 2.05) is 24.3 Å². The largest absolute Gasteiger partial charge is 0.340 e. The molecule has 0 radical (unpaired) electrons. The van der Waals surface area contributed by atoms with Crippen molar-refractivity contribution in [3.63, 3.8) is 0 Å². The Labute approximate surface area is 110 Å². The summed E-state index contributed by atoms with van der Waals surface area (Å²) in [6.07, 6.45) is 0. The third-order valence-electron chi connectivity index (χ3n) is 2.47. The fraction of sp³-hybridized carbons (Fsp3) is 0.385. The molecule has 0 saturated heterocycles. The van der Waals surface area contributed by atoms with Crippen molar-refractivity contribution < 1.29 is 4.79 Å². The Bertz CT molecular complexity index is 422. The minimum atomic E-state index is -0.147. The van der Waals surface area contributed by atoms with Crippen LogP contribution in [-0.4, -0.2) is 24.4 Å². The summed E-state index contributed by atoms with van der Waals surface area (Å²) < 4.78 is 0. The second-order valence-electron chi connectivity index (χ2n) is 4.05. The second-order valence-corrected chi connectivity index (χ2v) is 4.61. The summed E-state index contributed by atoms with van der Waals surface area (Å²) in [6.45, 7) is 2.26. The van der Waals surface area contributed by atoms with Crippen LogP contribution in [0.3, 0.4) is 0 Å². The Balaban J connectivity index is 2.72. The van der Waals surface area contributed by atoms with E-state index in [1.54, 1.807) is 18.9 Å². The van der Waals surface area contributed by atoms with E-state index in [0.717, 1.165) is 10.9 Å². The Kier molecular flexibility index (Phi) is 5.17. The molecule has 0 bridgehead atoms. The zero-order valence-corrected chi connectivity index (χ0v) is 11.6. The van der Waals surface area contributed by atoms with Gasteiger partial charge in [0.15, 0.2) is 0 Å². The molecule has 0 spiro atoms. The molecule has 1 unspecified atom stereocenters. The molecule has 1 aromatic carbocycles. The lowest BCUT2D eigenvalue weighted by Gasteiger charge is -2.18. The first-order chi connectivity index (χ1) is 8.08. The molecule has 0 N–H and O–H groups in total. The molecule has 0 aliphatic heterocycles. The molecule has 0 fully saturated rings. The number of amides is 1. The lowest BCUT2D eigenvalue weighted by atomic mass is 10.1. The van der Waals surface area contributed by atoms with Crippen LogP contribution in [-0.2, 0) is 5.33 Å². The van der Waals surface area contributed by atoms with E-state index >= 15 is 0 Å². The van der Waals surface area contributed by atoms with Gasteiger partial charge in [-0.25, -0.2) is 0 Å². The second kappa shape index (κ2) is 6.41. The van der Waals surface area contributed by atoms with Crippen LogP contribution in [0.2, 0.25) is 0 Å². The van der Waals surface area contributed by atoms with Gasteiger partial charge in [-0.15, -0.1) is 0 Å². The number of nitriles is 1. The molecule has 3 nitrogen and oxygen atoms in total. The van der Waals surface area contributed by atoms with Crippen molar-refractivity contribution in [3.8, 4) is 6.07 Å². The number of nitrogens with zero attached hydrogens (tertiary/aromatic N) is 2. The molecule has 0 aromatic heterocycles. The minimum Gasteiger partial charge on any atom is -0.340 e. The SMILES string of the molecule is CC(C#N)CN(C)C(=O)c1ccc(CBr)cc1. The molecular weight excluding hydrogens is 280 g/mol. The van der Waals surface area contributed by atoms with Gasteiger partial charge >= 0.3 is 0 Å². The van der Waals surface area contributed by atoms with Crippen molar-refractivity contribution in [2.45, 2.75) is 12.3 Å². The number of carbonyl (C=O) groups is 1. The van der Waals surface area contributed by atoms with Gasteiger partial charge in [-0.3, -0.25) is 4.79 Å². The summed E-state index contributed by atoms with van der Waals surface area (Å²) in [5.41, 5.74) is 1.79. The summed E-state index contributed by atoms with van der Waals surface area (Å²) in [6, 6.07) is 9.58. The summed E-state index contributed by atoms with van der Waals surface area (Å²) in [4.78, 5) is 13.6. The van der Waals surface area contributed by atoms with Crippen molar-refractivity contribution in [1.29, 1.82) is 5.26 Å². The Morgan fingerprint density at radius 2 is 2.06 bits per heavy atom. The molecule has 4 heteroatoms. The summed E-state index contributed by atoms with van der Waals surface area (Å²) in [7, 11) is 1.72. The van der Waals surface area contributed by atoms with E-state index in [-0.39, 0.29) is 11.8 Å². The first-order valence-corrected chi connectivity index (χ1v) is 6.50. The smallest absolute Gasteiger partial charge is 0.253 e. The van der Waals surface area contributed by atoms with E-state index in [9.17, 15) is 4.79 Å². The number of hydrogen-bond acceptors (Lipinski definition) is 2. The van der Waals surface area contributed by atoms with Gasteiger partial charge in [0.2, 0.25) is 0 Å². The summed E-state index contributed by atoms with van der Waals surface area (Å²) in [5.74, 6) is -0.195. The number of rotatable bonds is 4. The first-order valence-electron chi connectivity index (χ1n) is 5.38. The van der Waals surface area contributed by atoms with Gasteiger partial charge in [0.1, 0.15) is 0 Å². The maximum Gasteiger partial charge on any atom is 0.253 e. The minimum absolute atomic E-state index is 0.0479. The standard InChI is InChI=1S/C13H15BrN2O/c1-10(8-15)9-16(2)13(17)12-5-3-11(7-14)4-6-12/h3-6,10H,7,9H2,1-2H3. The summed E-state index contributed by atoms with van der Waals surface area (Å²) >= 11 is 3.36. The van der Waals surface area contributed by atoms with E-state index in [0.29, 0.717) is 12.1 Å². The predicted molar refractivity (Wildman–Crippen MR) is 70.8 cm³/mol. The van der Waals surface area contributed by atoms with Crippen LogP contribution in [0.4, 0.5) is 0 Å². The van der Waals surface area contributed by atoms with E-state index in [1.165, 1.54) is 0 Å². The molecular formula is C13H15BrN2O. The molecule has 0 aliphatic carbocycles. The quantitative estimate of drug-likeness (QED) is 0.802. The third-order valence-corrected chi connectivity index (χ3v) is 3.12. The molecule has 17 heavy (non-hydrogen) atoms. The number of alkyl halides is 1. The highest BCUT2D eigenvalue weighted by atomic mass is 79.9. The highest BCUT2D eigenvalue weighted by molar-refractivity contribution is 9.08. The number of hydrogen-bond donors (Lipinski definition) is 0. The lowest BCUT2D eigenvalue weighted by molar-refractivity contribution is 0.0785. The molecule has 90 valence electrons. The Morgan fingerprint density at radius 3 is 2.53 bits per heavy atom. The van der Waals surface area contributed by atoms with Gasteiger partial charge < -0.3 is 4.90 Å². The maximum atomic E-state index is 12.0. The van der Waals surface area contributed by atoms with Crippen molar-refractivity contribution in [2.75, 3.05) is 13.6 Å². The van der Waals surface area contributed by atoms with Crippen LogP contribution in [0.25, 0.3) is 0 Å². The average Bonchev–Trinajstić information content (AvgIpc) is 2.37. The van der Waals surface area contributed by atoms with Gasteiger partial charge in [-0.1, -0.05) is 28.1 Å². The highest BCUT2D eigenvalue weighted by Gasteiger charge is 2.13. The van der Waals surface area contributed by atoms with Gasteiger partial charge in [0.05, 0.1) is 12.0 Å². The van der Waals surface area contributed by atoms with Gasteiger partial charge in [-0.05, 0) is 24.6 Å². The zero-order valence-electron chi connectivity index (χ0n) is 9.98. The highest BCUT2D eigenvalue weighted by Crippen LogP contribution is 2.10. The van der Waals surface area contributed by atoms with Gasteiger partial charge in [0.25, 0.3) is 5.91 Å². The molecule has 1 atom stereocenters. The van der Waals surface area contributed by atoms with Crippen molar-refractivity contribution in [3.05, 3.63) is 35.4 Å². The molecule has 0 aliphatic rings. The fourth-order valence-corrected chi connectivity index (χ4v) is 1.87. The third kappa shape index (κ3) is 3.86. The van der Waals surface area contributed by atoms with Crippen LogP contribution in [0.15, 0.2) is 24.3 Å².